The standard InChI is InChI=1S/C28H25FN2O7S/c1-5-35-19-10-8-15(12-20(19)36-6-2)22-21-23(32)17-13-16(29)9-11-18(17)38-24(21)26(33)31(22)28-30-14(4)25(39-28)27(34)37-7-3/h8-13,22H,5-7H2,1-4H3. The van der Waals surface area contributed by atoms with E-state index < -0.39 is 29.2 Å². The second kappa shape index (κ2) is 10.5. The number of thiazole rings is 1. The van der Waals surface area contributed by atoms with Gasteiger partial charge in [-0.25, -0.2) is 14.2 Å². The zero-order chi connectivity index (χ0) is 27.8. The topological polar surface area (TPSA) is 108 Å². The molecule has 5 rings (SSSR count). The number of benzene rings is 2. The van der Waals surface area contributed by atoms with Crippen molar-refractivity contribution in [2.45, 2.75) is 33.7 Å². The smallest absolute Gasteiger partial charge is 0.350 e. The molecule has 0 aliphatic carbocycles. The van der Waals surface area contributed by atoms with Crippen molar-refractivity contribution in [1.29, 1.82) is 0 Å². The molecule has 2 aromatic heterocycles. The van der Waals surface area contributed by atoms with E-state index in [0.29, 0.717) is 36.0 Å². The summed E-state index contributed by atoms with van der Waals surface area (Å²) >= 11 is 0.976. The number of hydrogen-bond donors (Lipinski definition) is 0. The fraction of sp³-hybridized carbons (Fsp3) is 0.286. The number of amides is 1. The van der Waals surface area contributed by atoms with Crippen molar-refractivity contribution in [2.75, 3.05) is 24.7 Å². The maximum Gasteiger partial charge on any atom is 0.350 e. The predicted octanol–water partition coefficient (Wildman–Crippen LogP) is 5.42. The van der Waals surface area contributed by atoms with Gasteiger partial charge >= 0.3 is 5.97 Å². The SMILES string of the molecule is CCOC(=O)c1sc(N2C(=O)c3oc4ccc(F)cc4c(=O)c3C2c2ccc(OCC)c(OCC)c2)nc1C. The number of ether oxygens (including phenoxy) is 3. The van der Waals surface area contributed by atoms with E-state index in [2.05, 4.69) is 4.98 Å². The summed E-state index contributed by atoms with van der Waals surface area (Å²) in [5.41, 5.74) is 0.470. The number of aryl methyl sites for hydroxylation is 1. The van der Waals surface area contributed by atoms with E-state index in [-0.39, 0.29) is 38.9 Å². The van der Waals surface area contributed by atoms with Gasteiger partial charge in [-0.2, -0.15) is 0 Å². The minimum absolute atomic E-state index is 0.00639. The number of hydrogen-bond acceptors (Lipinski definition) is 9. The van der Waals surface area contributed by atoms with Gasteiger partial charge in [-0.15, -0.1) is 0 Å². The summed E-state index contributed by atoms with van der Waals surface area (Å²) in [6, 6.07) is 7.67. The first kappa shape index (κ1) is 26.4. The van der Waals surface area contributed by atoms with E-state index in [9.17, 15) is 18.8 Å². The quantitative estimate of drug-likeness (QED) is 0.267. The molecule has 1 aliphatic heterocycles. The molecule has 0 bridgehead atoms. The third kappa shape index (κ3) is 4.52. The number of aromatic nitrogens is 1. The monoisotopic (exact) mass is 552 g/mol. The number of esters is 1. The van der Waals surface area contributed by atoms with Gasteiger partial charge in [0.05, 0.1) is 42.5 Å². The summed E-state index contributed by atoms with van der Waals surface area (Å²) in [4.78, 5) is 46.2. The van der Waals surface area contributed by atoms with Gasteiger partial charge in [0.15, 0.2) is 22.1 Å². The second-order valence-corrected chi connectivity index (χ2v) is 9.57. The van der Waals surface area contributed by atoms with Crippen LogP contribution < -0.4 is 19.8 Å². The summed E-state index contributed by atoms with van der Waals surface area (Å²) in [7, 11) is 0. The first-order valence-corrected chi connectivity index (χ1v) is 13.2. The summed E-state index contributed by atoms with van der Waals surface area (Å²) in [5, 5.41) is 0.185. The average molecular weight is 553 g/mol. The zero-order valence-electron chi connectivity index (χ0n) is 21.7. The maximum atomic E-state index is 14.1. The highest BCUT2D eigenvalue weighted by atomic mass is 32.1. The third-order valence-corrected chi connectivity index (χ3v) is 7.30. The summed E-state index contributed by atoms with van der Waals surface area (Å²) < 4.78 is 36.6. The van der Waals surface area contributed by atoms with Crippen LogP contribution in [0.5, 0.6) is 11.5 Å². The predicted molar refractivity (Wildman–Crippen MR) is 143 cm³/mol. The highest BCUT2D eigenvalue weighted by Crippen LogP contribution is 2.45. The van der Waals surface area contributed by atoms with E-state index in [1.54, 1.807) is 32.0 Å². The Morgan fingerprint density at radius 2 is 1.79 bits per heavy atom. The van der Waals surface area contributed by atoms with Crippen molar-refractivity contribution < 1.29 is 32.6 Å². The van der Waals surface area contributed by atoms with E-state index in [1.807, 2.05) is 13.8 Å². The van der Waals surface area contributed by atoms with Gasteiger partial charge in [-0.3, -0.25) is 14.5 Å². The van der Waals surface area contributed by atoms with Crippen molar-refractivity contribution in [3.8, 4) is 11.5 Å². The Hall–Kier alpha value is -4.25. The summed E-state index contributed by atoms with van der Waals surface area (Å²) in [5.74, 6) is -1.04. The normalized spacial score (nSPS) is 14.5. The van der Waals surface area contributed by atoms with Gasteiger partial charge in [0.25, 0.3) is 5.91 Å². The molecule has 0 fully saturated rings. The first-order valence-electron chi connectivity index (χ1n) is 12.4. The Labute approximate surface area is 226 Å². The molecule has 0 saturated carbocycles. The molecule has 1 unspecified atom stereocenters. The zero-order valence-corrected chi connectivity index (χ0v) is 22.5. The van der Waals surface area contributed by atoms with Crippen LogP contribution in [-0.2, 0) is 4.74 Å². The lowest BCUT2D eigenvalue weighted by molar-refractivity contribution is 0.0531. The highest BCUT2D eigenvalue weighted by Gasteiger charge is 2.45. The molecule has 202 valence electrons. The van der Waals surface area contributed by atoms with Crippen LogP contribution in [0.15, 0.2) is 45.6 Å². The molecular formula is C28H25FN2O7S. The Morgan fingerprint density at radius 3 is 2.51 bits per heavy atom. The molecule has 1 amide bonds. The van der Waals surface area contributed by atoms with Crippen molar-refractivity contribution in [3.63, 3.8) is 0 Å². The number of halogens is 1. The van der Waals surface area contributed by atoms with E-state index >= 15 is 0 Å². The average Bonchev–Trinajstić information content (AvgIpc) is 3.43. The number of fused-ring (bicyclic) bond motifs is 2. The Balaban J connectivity index is 1.75. The fourth-order valence-corrected chi connectivity index (χ4v) is 5.55. The lowest BCUT2D eigenvalue weighted by Gasteiger charge is -2.23. The van der Waals surface area contributed by atoms with Crippen LogP contribution in [0.25, 0.3) is 11.0 Å². The second-order valence-electron chi connectivity index (χ2n) is 8.60. The molecule has 3 heterocycles. The number of nitrogens with zero attached hydrogens (tertiary/aromatic N) is 2. The molecule has 2 aromatic carbocycles. The van der Waals surface area contributed by atoms with Crippen molar-refractivity contribution >= 4 is 39.3 Å². The summed E-state index contributed by atoms with van der Waals surface area (Å²) in [6.07, 6.45) is 0. The number of rotatable bonds is 8. The van der Waals surface area contributed by atoms with Crippen LogP contribution in [-0.4, -0.2) is 36.7 Å². The maximum absolute atomic E-state index is 14.1. The lowest BCUT2D eigenvalue weighted by atomic mass is 9.98. The van der Waals surface area contributed by atoms with Gasteiger partial charge in [0.1, 0.15) is 16.3 Å². The third-order valence-electron chi connectivity index (χ3n) is 6.17. The summed E-state index contributed by atoms with van der Waals surface area (Å²) in [6.45, 7) is 7.95. The van der Waals surface area contributed by atoms with Gasteiger partial charge in [-0.05, 0) is 63.6 Å². The molecule has 4 aromatic rings. The molecular weight excluding hydrogens is 527 g/mol. The number of anilines is 1. The van der Waals surface area contributed by atoms with Crippen molar-refractivity contribution in [1.82, 2.24) is 4.98 Å². The van der Waals surface area contributed by atoms with Crippen LogP contribution >= 0.6 is 11.3 Å². The Bertz CT molecular complexity index is 1660. The van der Waals surface area contributed by atoms with Crippen molar-refractivity contribution in [2.24, 2.45) is 0 Å². The van der Waals surface area contributed by atoms with Crippen molar-refractivity contribution in [3.05, 3.63) is 79.9 Å². The van der Waals surface area contributed by atoms with Crippen LogP contribution in [0, 0.1) is 12.7 Å². The van der Waals surface area contributed by atoms with Gasteiger partial charge in [-0.1, -0.05) is 17.4 Å². The largest absolute Gasteiger partial charge is 0.490 e. The number of carbonyl (C=O) groups is 2. The van der Waals surface area contributed by atoms with Gasteiger partial charge in [0.2, 0.25) is 5.76 Å². The molecule has 9 nitrogen and oxygen atoms in total. The van der Waals surface area contributed by atoms with Crippen LogP contribution in [0.4, 0.5) is 9.52 Å². The van der Waals surface area contributed by atoms with E-state index in [0.717, 1.165) is 23.5 Å². The number of carbonyl (C=O) groups excluding carboxylic acids is 2. The molecule has 0 saturated heterocycles. The molecule has 39 heavy (non-hydrogen) atoms. The van der Waals surface area contributed by atoms with E-state index in [1.165, 1.54) is 11.0 Å². The Morgan fingerprint density at radius 1 is 1.05 bits per heavy atom. The van der Waals surface area contributed by atoms with E-state index in [4.69, 9.17) is 18.6 Å². The molecule has 11 heteroatoms. The highest BCUT2D eigenvalue weighted by molar-refractivity contribution is 7.17. The molecule has 0 radical (unpaired) electrons. The fourth-order valence-electron chi connectivity index (χ4n) is 4.57. The minimum Gasteiger partial charge on any atom is -0.490 e. The van der Waals surface area contributed by atoms with Gasteiger partial charge < -0.3 is 18.6 Å². The minimum atomic E-state index is -0.994. The molecule has 1 atom stereocenters. The Kier molecular flexibility index (Phi) is 7.09. The lowest BCUT2D eigenvalue weighted by Crippen LogP contribution is -2.29. The molecule has 0 spiro atoms. The molecule has 0 N–H and O–H groups in total. The first-order chi connectivity index (χ1) is 18.8. The van der Waals surface area contributed by atoms with Crippen LogP contribution in [0.2, 0.25) is 0 Å². The van der Waals surface area contributed by atoms with Crippen LogP contribution in [0.3, 0.4) is 0 Å². The van der Waals surface area contributed by atoms with Crippen LogP contribution in [0.1, 0.15) is 63.9 Å². The molecule has 1 aliphatic rings. The van der Waals surface area contributed by atoms with Gasteiger partial charge in [0, 0.05) is 0 Å².